The number of phenolic OH excluding ortho intramolecular Hbond substituents is 2. The first-order valence-corrected chi connectivity index (χ1v) is 14.6. The number of hydrogen-bond donors (Lipinski definition) is 4. The molecule has 2 heterocycles. The molecule has 11 heteroatoms. The van der Waals surface area contributed by atoms with Crippen molar-refractivity contribution in [3.05, 3.63) is 118 Å². The summed E-state index contributed by atoms with van der Waals surface area (Å²) < 4.78 is 17.9. The maximum Gasteiger partial charge on any atom is 0.425 e. The van der Waals surface area contributed by atoms with Crippen molar-refractivity contribution in [1.29, 1.82) is 0 Å². The van der Waals surface area contributed by atoms with E-state index in [1.807, 2.05) is 6.07 Å². The normalized spacial score (nSPS) is 14.7. The first kappa shape index (κ1) is 30.5. The second-order valence-corrected chi connectivity index (χ2v) is 12.1. The number of hydrogen-bond acceptors (Lipinski definition) is 9. The van der Waals surface area contributed by atoms with Gasteiger partial charge in [0.05, 0.1) is 12.1 Å². The Bertz CT molecular complexity index is 1800. The summed E-state index contributed by atoms with van der Waals surface area (Å²) in [5, 5.41) is 31.6. The highest BCUT2D eigenvalue weighted by molar-refractivity contribution is 5.98. The van der Waals surface area contributed by atoms with Gasteiger partial charge in [-0.15, -0.1) is 0 Å². The first-order chi connectivity index (χ1) is 21.9. The van der Waals surface area contributed by atoms with E-state index >= 15 is 0 Å². The number of esters is 1. The lowest BCUT2D eigenvalue weighted by molar-refractivity contribution is -0.141. The first-order valence-electron chi connectivity index (χ1n) is 14.6. The fourth-order valence-electron chi connectivity index (χ4n) is 5.82. The third kappa shape index (κ3) is 5.56. The number of nitrogens with zero attached hydrogens (tertiary/aromatic N) is 1. The van der Waals surface area contributed by atoms with Gasteiger partial charge in [-0.1, -0.05) is 48.5 Å². The molecule has 1 amide bonds. The average molecular weight is 625 g/mol. The number of rotatable bonds is 7. The molecule has 4 aromatic rings. The van der Waals surface area contributed by atoms with Crippen LogP contribution < -0.4 is 10.2 Å². The summed E-state index contributed by atoms with van der Waals surface area (Å²) in [6.45, 7) is 4.83. The largest absolute Gasteiger partial charge is 0.508 e. The van der Waals surface area contributed by atoms with Crippen LogP contribution in [0.4, 0.5) is 4.79 Å². The second-order valence-electron chi connectivity index (χ2n) is 12.1. The Morgan fingerprint density at radius 1 is 0.891 bits per heavy atom. The molecule has 236 valence electrons. The summed E-state index contributed by atoms with van der Waals surface area (Å²) in [6, 6.07) is 21.8. The zero-order valence-corrected chi connectivity index (χ0v) is 25.3. The highest BCUT2D eigenvalue weighted by Gasteiger charge is 2.54. The number of hydrazine groups is 1. The van der Waals surface area contributed by atoms with Gasteiger partial charge in [0.1, 0.15) is 34.6 Å². The molecule has 4 aromatic carbocycles. The van der Waals surface area contributed by atoms with Crippen LogP contribution in [0.25, 0.3) is 0 Å². The summed E-state index contributed by atoms with van der Waals surface area (Å²) in [6.07, 6.45) is -0.765. The van der Waals surface area contributed by atoms with Crippen LogP contribution in [0.2, 0.25) is 0 Å². The lowest BCUT2D eigenvalue weighted by Crippen LogP contribution is -2.53. The summed E-state index contributed by atoms with van der Waals surface area (Å²) in [7, 11) is 0. The third-order valence-electron chi connectivity index (χ3n) is 7.72. The molecule has 4 N–H and O–H groups in total. The van der Waals surface area contributed by atoms with E-state index in [1.54, 1.807) is 75.4 Å². The monoisotopic (exact) mass is 624 g/mol. The van der Waals surface area contributed by atoms with Gasteiger partial charge in [0, 0.05) is 35.2 Å². The maximum absolute atomic E-state index is 13.9. The van der Waals surface area contributed by atoms with E-state index in [1.165, 1.54) is 24.3 Å². The van der Waals surface area contributed by atoms with E-state index in [-0.39, 0.29) is 41.5 Å². The SMILES string of the molecule is CC(C)(C)OC(=O)N(Cc1cccc2c1C(=O)OC21c2ccc(O)cc2Oc2cc(O)ccc21)NC(Cc1ccccc1)C(=O)O. The Kier molecular flexibility index (Phi) is 7.57. The lowest BCUT2D eigenvalue weighted by Gasteiger charge is -2.36. The lowest BCUT2D eigenvalue weighted by atomic mass is 9.77. The molecule has 0 bridgehead atoms. The van der Waals surface area contributed by atoms with Gasteiger partial charge in [-0.2, -0.15) is 0 Å². The van der Waals surface area contributed by atoms with Crippen molar-refractivity contribution in [3.63, 3.8) is 0 Å². The number of carbonyl (C=O) groups is 3. The number of benzene rings is 4. The summed E-state index contributed by atoms with van der Waals surface area (Å²) >= 11 is 0. The van der Waals surface area contributed by atoms with Crippen molar-refractivity contribution in [1.82, 2.24) is 10.4 Å². The number of carboxylic acids is 1. The predicted molar refractivity (Wildman–Crippen MR) is 165 cm³/mol. The van der Waals surface area contributed by atoms with Crippen molar-refractivity contribution in [2.24, 2.45) is 0 Å². The van der Waals surface area contributed by atoms with Crippen LogP contribution in [-0.4, -0.2) is 50.0 Å². The van der Waals surface area contributed by atoms with Crippen LogP contribution >= 0.6 is 0 Å². The molecular weight excluding hydrogens is 592 g/mol. The average Bonchev–Trinajstić information content (AvgIpc) is 3.28. The maximum atomic E-state index is 13.9. The van der Waals surface area contributed by atoms with E-state index in [0.717, 1.165) is 10.6 Å². The Hall–Kier alpha value is -5.55. The number of carboxylic acid groups (broad SMARTS) is 1. The van der Waals surface area contributed by atoms with E-state index in [9.17, 15) is 29.7 Å². The number of ether oxygens (including phenoxy) is 3. The Morgan fingerprint density at radius 2 is 1.52 bits per heavy atom. The molecule has 11 nitrogen and oxygen atoms in total. The number of nitrogens with one attached hydrogen (secondary N) is 1. The number of fused-ring (bicyclic) bond motifs is 6. The van der Waals surface area contributed by atoms with Gasteiger partial charge in [0.15, 0.2) is 5.60 Å². The Morgan fingerprint density at radius 3 is 2.11 bits per heavy atom. The fourth-order valence-corrected chi connectivity index (χ4v) is 5.82. The highest BCUT2D eigenvalue weighted by Crippen LogP contribution is 2.57. The number of aliphatic carboxylic acids is 1. The summed E-state index contributed by atoms with van der Waals surface area (Å²) in [5.74, 6) is -1.56. The standard InChI is InChI=1S/C35H32N2O9/c1-34(2,3)46-33(43)37(36-27(31(40)41)16-20-8-5-4-6-9-20)19-21-10-7-11-26-30(21)32(42)45-35(26)24-14-12-22(38)17-28(24)44-29-18-23(39)13-15-25(29)35/h4-15,17-18,27,36,38-39H,16,19H2,1-3H3,(H,40,41). The molecule has 0 fully saturated rings. The topological polar surface area (TPSA) is 155 Å². The van der Waals surface area contributed by atoms with Gasteiger partial charge >= 0.3 is 18.0 Å². The van der Waals surface area contributed by atoms with Gasteiger partial charge in [0.25, 0.3) is 0 Å². The minimum atomic E-state index is -1.51. The second kappa shape index (κ2) is 11.4. The van der Waals surface area contributed by atoms with Crippen molar-refractivity contribution in [3.8, 4) is 23.0 Å². The Labute approximate surface area is 264 Å². The molecule has 0 aliphatic carbocycles. The van der Waals surface area contributed by atoms with Gasteiger partial charge in [-0.05, 0) is 56.2 Å². The molecule has 0 saturated carbocycles. The molecule has 0 aromatic heterocycles. The van der Waals surface area contributed by atoms with Crippen molar-refractivity contribution in [2.75, 3.05) is 0 Å². The van der Waals surface area contributed by atoms with Crippen LogP contribution in [0.5, 0.6) is 23.0 Å². The molecule has 1 atom stereocenters. The fraction of sp³-hybridized carbons (Fsp3) is 0.229. The zero-order chi connectivity index (χ0) is 32.8. The number of aromatic hydroxyl groups is 2. The van der Waals surface area contributed by atoms with E-state index in [4.69, 9.17) is 14.2 Å². The smallest absolute Gasteiger partial charge is 0.425 e. The Balaban J connectivity index is 1.44. The van der Waals surface area contributed by atoms with Crippen molar-refractivity contribution >= 4 is 18.0 Å². The van der Waals surface area contributed by atoms with Gasteiger partial charge in [0.2, 0.25) is 0 Å². The third-order valence-corrected chi connectivity index (χ3v) is 7.72. The van der Waals surface area contributed by atoms with Crippen LogP contribution in [0.15, 0.2) is 84.9 Å². The van der Waals surface area contributed by atoms with Crippen LogP contribution in [-0.2, 0) is 32.8 Å². The van der Waals surface area contributed by atoms with Gasteiger partial charge in [-0.25, -0.2) is 20.0 Å². The molecule has 0 saturated heterocycles. The molecule has 2 aliphatic heterocycles. The summed E-state index contributed by atoms with van der Waals surface area (Å²) in [5.41, 5.74) is 3.05. The highest BCUT2D eigenvalue weighted by atomic mass is 16.6. The molecule has 1 spiro atoms. The van der Waals surface area contributed by atoms with E-state index < -0.39 is 35.3 Å². The van der Waals surface area contributed by atoms with Crippen LogP contribution in [0.3, 0.4) is 0 Å². The molecule has 1 unspecified atom stereocenters. The minimum Gasteiger partial charge on any atom is -0.508 e. The minimum absolute atomic E-state index is 0.0702. The summed E-state index contributed by atoms with van der Waals surface area (Å²) in [4.78, 5) is 39.7. The molecule has 2 aliphatic rings. The number of phenols is 2. The van der Waals surface area contributed by atoms with Crippen LogP contribution in [0, 0.1) is 0 Å². The molecule has 46 heavy (non-hydrogen) atoms. The predicted octanol–water partition coefficient (Wildman–Crippen LogP) is 5.60. The molecular formula is C35H32N2O9. The molecule has 6 rings (SSSR count). The van der Waals surface area contributed by atoms with Gasteiger partial charge < -0.3 is 29.5 Å². The van der Waals surface area contributed by atoms with Crippen molar-refractivity contribution < 1.29 is 43.9 Å². The van der Waals surface area contributed by atoms with E-state index in [2.05, 4.69) is 5.43 Å². The van der Waals surface area contributed by atoms with E-state index in [0.29, 0.717) is 22.3 Å². The van der Waals surface area contributed by atoms with Gasteiger partial charge in [-0.3, -0.25) is 4.79 Å². The number of amides is 1. The zero-order valence-electron chi connectivity index (χ0n) is 25.3. The van der Waals surface area contributed by atoms with Crippen LogP contribution in [0.1, 0.15) is 58.9 Å². The molecule has 0 radical (unpaired) electrons. The van der Waals surface area contributed by atoms with Crippen molar-refractivity contribution in [2.45, 2.75) is 51.0 Å². The quantitative estimate of drug-likeness (QED) is 0.151. The number of carbonyl (C=O) groups excluding carboxylic acids is 2.